The summed E-state index contributed by atoms with van der Waals surface area (Å²) < 4.78 is 16.1. The maximum Gasteiger partial charge on any atom is 0.173 e. The molecule has 0 aliphatic carbocycles. The Morgan fingerprint density at radius 2 is 1.68 bits per heavy atom. The van der Waals surface area contributed by atoms with Crippen molar-refractivity contribution in [2.45, 2.75) is 32.4 Å². The predicted molar refractivity (Wildman–Crippen MR) is 116 cm³/mol. The lowest BCUT2D eigenvalue weighted by Crippen LogP contribution is -2.49. The van der Waals surface area contributed by atoms with Crippen LogP contribution in [0.15, 0.2) is 48.5 Å². The van der Waals surface area contributed by atoms with E-state index in [1.54, 1.807) is 6.07 Å². The molecule has 31 heavy (non-hydrogen) atoms. The summed E-state index contributed by atoms with van der Waals surface area (Å²) in [5.74, 6) is 0.563. The highest BCUT2D eigenvalue weighted by molar-refractivity contribution is 5.48. The van der Waals surface area contributed by atoms with Gasteiger partial charge < -0.3 is 4.90 Å². The molecule has 0 bridgehead atoms. The fourth-order valence-electron chi connectivity index (χ4n) is 4.03. The van der Waals surface area contributed by atoms with Gasteiger partial charge in [0.25, 0.3) is 0 Å². The molecule has 3 aromatic rings. The maximum atomic E-state index is 14.3. The van der Waals surface area contributed by atoms with Crippen molar-refractivity contribution in [2.24, 2.45) is 0 Å². The van der Waals surface area contributed by atoms with Crippen LogP contribution in [0.5, 0.6) is 0 Å². The quantitative estimate of drug-likeness (QED) is 0.646. The molecule has 1 aromatic heterocycles. The SMILES string of the molecule is CC(C)(C)n1nnnc1[C@H](c1ccc(C#N)cc1)N1CCN(c2ccccc2F)CC1. The van der Waals surface area contributed by atoms with Crippen molar-refractivity contribution in [3.05, 3.63) is 71.3 Å². The number of halogens is 1. The van der Waals surface area contributed by atoms with Crippen molar-refractivity contribution in [2.75, 3.05) is 31.1 Å². The Balaban J connectivity index is 1.65. The van der Waals surface area contributed by atoms with Crippen LogP contribution in [0.1, 0.15) is 43.8 Å². The Hall–Kier alpha value is -3.31. The van der Waals surface area contributed by atoms with Crippen LogP contribution in [0.4, 0.5) is 10.1 Å². The number of para-hydroxylation sites is 1. The summed E-state index contributed by atoms with van der Waals surface area (Å²) in [6, 6.07) is 16.5. The average Bonchev–Trinajstić information content (AvgIpc) is 3.25. The number of hydrogen-bond donors (Lipinski definition) is 0. The van der Waals surface area contributed by atoms with Gasteiger partial charge in [-0.2, -0.15) is 5.26 Å². The van der Waals surface area contributed by atoms with Gasteiger partial charge in [0, 0.05) is 26.2 Å². The molecular weight excluding hydrogens is 393 g/mol. The highest BCUT2D eigenvalue weighted by Gasteiger charge is 2.33. The zero-order chi connectivity index (χ0) is 22.0. The smallest absolute Gasteiger partial charge is 0.173 e. The molecule has 4 rings (SSSR count). The highest BCUT2D eigenvalue weighted by Crippen LogP contribution is 2.31. The molecule has 0 unspecified atom stereocenters. The molecule has 1 fully saturated rings. The lowest BCUT2D eigenvalue weighted by Gasteiger charge is -2.40. The van der Waals surface area contributed by atoms with Gasteiger partial charge in [-0.3, -0.25) is 4.90 Å². The van der Waals surface area contributed by atoms with Crippen molar-refractivity contribution < 1.29 is 4.39 Å². The van der Waals surface area contributed by atoms with Crippen LogP contribution in [0.2, 0.25) is 0 Å². The molecule has 8 heteroatoms. The van der Waals surface area contributed by atoms with Crippen LogP contribution in [0.3, 0.4) is 0 Å². The van der Waals surface area contributed by atoms with Gasteiger partial charge in [0.05, 0.1) is 28.9 Å². The first kappa shape index (κ1) is 20.9. The van der Waals surface area contributed by atoms with E-state index in [0.29, 0.717) is 24.3 Å². The molecule has 1 atom stereocenters. The fraction of sp³-hybridized carbons (Fsp3) is 0.391. The van der Waals surface area contributed by atoms with E-state index in [1.807, 2.05) is 41.1 Å². The molecule has 0 N–H and O–H groups in total. The molecule has 0 spiro atoms. The first-order valence-electron chi connectivity index (χ1n) is 10.4. The Morgan fingerprint density at radius 3 is 2.29 bits per heavy atom. The average molecular weight is 420 g/mol. The summed E-state index contributed by atoms with van der Waals surface area (Å²) >= 11 is 0. The summed E-state index contributed by atoms with van der Waals surface area (Å²) in [5.41, 5.74) is 2.00. The van der Waals surface area contributed by atoms with E-state index in [0.717, 1.165) is 24.5 Å². The van der Waals surface area contributed by atoms with Crippen LogP contribution in [0.25, 0.3) is 0 Å². The highest BCUT2D eigenvalue weighted by atomic mass is 19.1. The van der Waals surface area contributed by atoms with Gasteiger partial charge in [0.2, 0.25) is 0 Å². The number of hydrogen-bond acceptors (Lipinski definition) is 6. The number of aromatic nitrogens is 4. The zero-order valence-corrected chi connectivity index (χ0v) is 18.0. The molecule has 7 nitrogen and oxygen atoms in total. The predicted octanol–water partition coefficient (Wildman–Crippen LogP) is 3.35. The Kier molecular flexibility index (Phi) is 5.70. The van der Waals surface area contributed by atoms with Gasteiger partial charge >= 0.3 is 0 Å². The summed E-state index contributed by atoms with van der Waals surface area (Å²) in [6.45, 7) is 9.07. The van der Waals surface area contributed by atoms with Gasteiger partial charge in [0.1, 0.15) is 5.82 Å². The number of piperazine rings is 1. The molecule has 0 saturated carbocycles. The van der Waals surface area contributed by atoms with Crippen LogP contribution in [0, 0.1) is 17.1 Å². The minimum atomic E-state index is -0.279. The van der Waals surface area contributed by atoms with E-state index in [2.05, 4.69) is 52.2 Å². The third-order valence-corrected chi connectivity index (χ3v) is 5.60. The van der Waals surface area contributed by atoms with Crippen LogP contribution < -0.4 is 4.90 Å². The first-order chi connectivity index (χ1) is 14.9. The van der Waals surface area contributed by atoms with E-state index in [9.17, 15) is 9.65 Å². The lowest BCUT2D eigenvalue weighted by molar-refractivity contribution is 0.191. The number of nitriles is 1. The fourth-order valence-corrected chi connectivity index (χ4v) is 4.03. The second kappa shape index (κ2) is 8.44. The topological polar surface area (TPSA) is 73.9 Å². The van der Waals surface area contributed by atoms with E-state index < -0.39 is 0 Å². The number of rotatable bonds is 4. The van der Waals surface area contributed by atoms with Gasteiger partial charge in [0.15, 0.2) is 5.82 Å². The minimum Gasteiger partial charge on any atom is -0.367 e. The molecule has 2 heterocycles. The summed E-state index contributed by atoms with van der Waals surface area (Å²) in [6.07, 6.45) is 0. The van der Waals surface area contributed by atoms with E-state index in [1.165, 1.54) is 6.07 Å². The van der Waals surface area contributed by atoms with Crippen LogP contribution >= 0.6 is 0 Å². The molecule has 1 aliphatic heterocycles. The van der Waals surface area contributed by atoms with E-state index in [-0.39, 0.29) is 17.4 Å². The third-order valence-electron chi connectivity index (χ3n) is 5.60. The van der Waals surface area contributed by atoms with Crippen molar-refractivity contribution >= 4 is 5.69 Å². The lowest BCUT2D eigenvalue weighted by atomic mass is 10.0. The molecule has 2 aromatic carbocycles. The molecule has 1 saturated heterocycles. The Labute approximate surface area is 181 Å². The minimum absolute atomic E-state index is 0.162. The van der Waals surface area contributed by atoms with Crippen LogP contribution in [-0.2, 0) is 5.54 Å². The number of tetrazole rings is 1. The monoisotopic (exact) mass is 419 g/mol. The maximum absolute atomic E-state index is 14.3. The van der Waals surface area contributed by atoms with Gasteiger partial charge in [-0.15, -0.1) is 5.10 Å². The normalized spacial score (nSPS) is 16.2. The second-order valence-electron chi connectivity index (χ2n) is 8.73. The molecule has 1 aliphatic rings. The van der Waals surface area contributed by atoms with E-state index in [4.69, 9.17) is 0 Å². The zero-order valence-electron chi connectivity index (χ0n) is 18.0. The van der Waals surface area contributed by atoms with Gasteiger partial charge in [-0.1, -0.05) is 24.3 Å². The largest absolute Gasteiger partial charge is 0.367 e. The standard InChI is InChI=1S/C23H26FN7/c1-23(2,3)31-22(26-27-28-31)21(18-10-8-17(16-25)9-11-18)30-14-12-29(13-15-30)20-7-5-4-6-19(20)24/h4-11,21H,12-15H2,1-3H3/t21-/m0/s1. The second-order valence-corrected chi connectivity index (χ2v) is 8.73. The van der Waals surface area contributed by atoms with Crippen LogP contribution in [-0.4, -0.2) is 51.3 Å². The van der Waals surface area contributed by atoms with Crippen molar-refractivity contribution in [3.8, 4) is 6.07 Å². The van der Waals surface area contributed by atoms with Crippen molar-refractivity contribution in [1.82, 2.24) is 25.1 Å². The third kappa shape index (κ3) is 4.28. The summed E-state index contributed by atoms with van der Waals surface area (Å²) in [4.78, 5) is 4.40. The van der Waals surface area contributed by atoms with Gasteiger partial charge in [-0.05, 0) is 61.0 Å². The number of benzene rings is 2. The summed E-state index contributed by atoms with van der Waals surface area (Å²) in [5, 5.41) is 21.8. The molecule has 0 radical (unpaired) electrons. The van der Waals surface area contributed by atoms with Crippen molar-refractivity contribution in [3.63, 3.8) is 0 Å². The first-order valence-corrected chi connectivity index (χ1v) is 10.4. The Bertz CT molecular complexity index is 1070. The molecule has 0 amide bonds. The van der Waals surface area contributed by atoms with Gasteiger partial charge in [-0.25, -0.2) is 9.07 Å². The number of anilines is 1. The number of nitrogens with zero attached hydrogens (tertiary/aromatic N) is 7. The Morgan fingerprint density at radius 1 is 1.00 bits per heavy atom. The summed E-state index contributed by atoms with van der Waals surface area (Å²) in [7, 11) is 0. The van der Waals surface area contributed by atoms with Crippen molar-refractivity contribution in [1.29, 1.82) is 5.26 Å². The van der Waals surface area contributed by atoms with E-state index >= 15 is 0 Å². The molecular formula is C23H26FN7. The molecule has 160 valence electrons.